The van der Waals surface area contributed by atoms with E-state index in [2.05, 4.69) is 34.9 Å². The summed E-state index contributed by atoms with van der Waals surface area (Å²) in [6, 6.07) is 25.6. The second-order valence-electron chi connectivity index (χ2n) is 6.17. The second kappa shape index (κ2) is 8.54. The van der Waals surface area contributed by atoms with E-state index in [-0.39, 0.29) is 11.9 Å². The summed E-state index contributed by atoms with van der Waals surface area (Å²) >= 11 is 6.11. The predicted octanol–water partition coefficient (Wildman–Crippen LogP) is 5.60. The number of nitrogens with one attached hydrogen (secondary N) is 2. The van der Waals surface area contributed by atoms with Crippen LogP contribution in [0.2, 0.25) is 5.02 Å². The first kappa shape index (κ1) is 18.0. The topological polar surface area (TPSA) is 41.1 Å². The Hall–Kier alpha value is -2.78. The minimum absolute atomic E-state index is 0.0877. The Morgan fingerprint density at radius 3 is 2.04 bits per heavy atom. The molecule has 26 heavy (non-hydrogen) atoms. The smallest absolute Gasteiger partial charge is 0.319 e. The van der Waals surface area contributed by atoms with Crippen LogP contribution in [0.5, 0.6) is 0 Å². The Labute approximate surface area is 159 Å². The maximum Gasteiger partial charge on any atom is 0.319 e. The highest BCUT2D eigenvalue weighted by molar-refractivity contribution is 6.31. The molecule has 0 fully saturated rings. The van der Waals surface area contributed by atoms with Gasteiger partial charge in [-0.25, -0.2) is 4.79 Å². The molecule has 0 aliphatic rings. The number of urea groups is 1. The molecule has 0 aliphatic carbocycles. The van der Waals surface area contributed by atoms with Gasteiger partial charge < -0.3 is 10.6 Å². The third kappa shape index (κ3) is 4.64. The summed E-state index contributed by atoms with van der Waals surface area (Å²) in [6.45, 7) is 2.43. The van der Waals surface area contributed by atoms with E-state index in [4.69, 9.17) is 11.6 Å². The summed E-state index contributed by atoms with van der Waals surface area (Å²) in [5.41, 5.74) is 3.98. The van der Waals surface area contributed by atoms with Crippen molar-refractivity contribution in [1.82, 2.24) is 5.32 Å². The number of aryl methyl sites for hydroxylation is 1. The van der Waals surface area contributed by atoms with Crippen molar-refractivity contribution >= 4 is 23.3 Å². The molecule has 0 unspecified atom stereocenters. The molecule has 132 valence electrons. The van der Waals surface area contributed by atoms with Crippen LogP contribution in [0.3, 0.4) is 0 Å². The lowest BCUT2D eigenvalue weighted by atomic mass is 9.91. The maximum absolute atomic E-state index is 12.3. The SMILES string of the molecule is Cc1ccc(NC(=O)NCC(c2ccccc2)c2ccccc2)cc1Cl. The second-order valence-corrected chi connectivity index (χ2v) is 6.58. The largest absolute Gasteiger partial charge is 0.337 e. The van der Waals surface area contributed by atoms with E-state index in [1.807, 2.05) is 55.5 Å². The van der Waals surface area contributed by atoms with Gasteiger partial charge in [-0.2, -0.15) is 0 Å². The van der Waals surface area contributed by atoms with Crippen molar-refractivity contribution in [2.45, 2.75) is 12.8 Å². The number of anilines is 1. The first-order valence-corrected chi connectivity index (χ1v) is 8.92. The number of hydrogen-bond acceptors (Lipinski definition) is 1. The Bertz CT molecular complexity index is 826. The molecular weight excluding hydrogens is 344 g/mol. The molecule has 3 nitrogen and oxygen atoms in total. The minimum Gasteiger partial charge on any atom is -0.337 e. The molecule has 0 heterocycles. The summed E-state index contributed by atoms with van der Waals surface area (Å²) in [7, 11) is 0. The van der Waals surface area contributed by atoms with Crippen LogP contribution >= 0.6 is 11.6 Å². The van der Waals surface area contributed by atoms with E-state index < -0.39 is 0 Å². The van der Waals surface area contributed by atoms with Crippen molar-refractivity contribution in [2.24, 2.45) is 0 Å². The minimum atomic E-state index is -0.248. The number of halogens is 1. The molecule has 2 amide bonds. The molecule has 0 bridgehead atoms. The number of hydrogen-bond donors (Lipinski definition) is 2. The van der Waals surface area contributed by atoms with E-state index >= 15 is 0 Å². The Kier molecular flexibility index (Phi) is 5.92. The first-order valence-electron chi connectivity index (χ1n) is 8.54. The zero-order valence-electron chi connectivity index (χ0n) is 14.6. The van der Waals surface area contributed by atoms with Crippen molar-refractivity contribution in [3.05, 3.63) is 101 Å². The van der Waals surface area contributed by atoms with Crippen LogP contribution in [0.25, 0.3) is 0 Å². The molecule has 3 rings (SSSR count). The molecule has 3 aromatic carbocycles. The molecule has 3 aromatic rings. The number of benzene rings is 3. The standard InChI is InChI=1S/C22H21ClN2O/c1-16-12-13-19(14-21(16)23)25-22(26)24-15-20(17-8-4-2-5-9-17)18-10-6-3-7-11-18/h2-14,20H,15H2,1H3,(H2,24,25,26). The lowest BCUT2D eigenvalue weighted by Gasteiger charge is -2.19. The van der Waals surface area contributed by atoms with Crippen LogP contribution in [0.1, 0.15) is 22.6 Å². The van der Waals surface area contributed by atoms with Gasteiger partial charge in [0.2, 0.25) is 0 Å². The van der Waals surface area contributed by atoms with E-state index in [0.717, 1.165) is 16.7 Å². The van der Waals surface area contributed by atoms with Gasteiger partial charge in [0.15, 0.2) is 0 Å². The number of rotatable bonds is 5. The molecule has 0 radical (unpaired) electrons. The summed E-state index contributed by atoms with van der Waals surface area (Å²) in [6.07, 6.45) is 0. The zero-order valence-corrected chi connectivity index (χ0v) is 15.3. The van der Waals surface area contributed by atoms with Crippen LogP contribution in [0.15, 0.2) is 78.9 Å². The molecule has 0 aliphatic heterocycles. The van der Waals surface area contributed by atoms with Gasteiger partial charge in [-0.05, 0) is 35.7 Å². The average molecular weight is 365 g/mol. The van der Waals surface area contributed by atoms with Crippen LogP contribution in [-0.2, 0) is 0 Å². The molecular formula is C22H21ClN2O. The fraction of sp³-hybridized carbons (Fsp3) is 0.136. The van der Waals surface area contributed by atoms with Crippen molar-refractivity contribution < 1.29 is 4.79 Å². The van der Waals surface area contributed by atoms with Crippen molar-refractivity contribution in [3.8, 4) is 0 Å². The predicted molar refractivity (Wildman–Crippen MR) is 108 cm³/mol. The summed E-state index contributed by atoms with van der Waals surface area (Å²) in [4.78, 5) is 12.3. The molecule has 0 spiro atoms. The van der Waals surface area contributed by atoms with Crippen LogP contribution in [0.4, 0.5) is 10.5 Å². The van der Waals surface area contributed by atoms with Crippen LogP contribution < -0.4 is 10.6 Å². The van der Waals surface area contributed by atoms with Gasteiger partial charge in [0, 0.05) is 23.2 Å². The monoisotopic (exact) mass is 364 g/mol. The zero-order chi connectivity index (χ0) is 18.4. The van der Waals surface area contributed by atoms with Gasteiger partial charge in [-0.3, -0.25) is 0 Å². The highest BCUT2D eigenvalue weighted by Crippen LogP contribution is 2.24. The summed E-state index contributed by atoms with van der Waals surface area (Å²) < 4.78 is 0. The molecule has 0 aromatic heterocycles. The van der Waals surface area contributed by atoms with Gasteiger partial charge in [-0.1, -0.05) is 78.3 Å². The molecule has 0 atom stereocenters. The van der Waals surface area contributed by atoms with Crippen LogP contribution in [0, 0.1) is 6.92 Å². The number of carbonyl (C=O) groups is 1. The molecule has 4 heteroatoms. The molecule has 0 saturated carbocycles. The maximum atomic E-state index is 12.3. The fourth-order valence-corrected chi connectivity index (χ4v) is 3.02. The summed E-state index contributed by atoms with van der Waals surface area (Å²) in [5.74, 6) is 0.0877. The number of carbonyl (C=O) groups excluding carboxylic acids is 1. The van der Waals surface area contributed by atoms with E-state index in [1.54, 1.807) is 6.07 Å². The van der Waals surface area contributed by atoms with Crippen molar-refractivity contribution in [1.29, 1.82) is 0 Å². The molecule has 0 saturated heterocycles. The number of amides is 2. The highest BCUT2D eigenvalue weighted by Gasteiger charge is 2.15. The third-order valence-corrected chi connectivity index (χ3v) is 4.71. The summed E-state index contributed by atoms with van der Waals surface area (Å²) in [5, 5.41) is 6.44. The lowest BCUT2D eigenvalue weighted by molar-refractivity contribution is 0.252. The Balaban J connectivity index is 1.69. The fourth-order valence-electron chi connectivity index (χ4n) is 2.84. The average Bonchev–Trinajstić information content (AvgIpc) is 2.67. The third-order valence-electron chi connectivity index (χ3n) is 4.30. The molecule has 2 N–H and O–H groups in total. The quantitative estimate of drug-likeness (QED) is 0.607. The van der Waals surface area contributed by atoms with Gasteiger partial charge in [0.05, 0.1) is 0 Å². The van der Waals surface area contributed by atoms with Gasteiger partial charge in [0.25, 0.3) is 0 Å². The van der Waals surface area contributed by atoms with Crippen molar-refractivity contribution in [2.75, 3.05) is 11.9 Å². The van der Waals surface area contributed by atoms with Gasteiger partial charge >= 0.3 is 6.03 Å². The van der Waals surface area contributed by atoms with E-state index in [1.165, 1.54) is 0 Å². The normalized spacial score (nSPS) is 10.6. The van der Waals surface area contributed by atoms with Gasteiger partial charge in [-0.15, -0.1) is 0 Å². The van der Waals surface area contributed by atoms with Crippen LogP contribution in [-0.4, -0.2) is 12.6 Å². The lowest BCUT2D eigenvalue weighted by Crippen LogP contribution is -2.32. The Morgan fingerprint density at radius 2 is 1.50 bits per heavy atom. The van der Waals surface area contributed by atoms with Gasteiger partial charge in [0.1, 0.15) is 0 Å². The first-order chi connectivity index (χ1) is 12.6. The van der Waals surface area contributed by atoms with E-state index in [0.29, 0.717) is 17.3 Å². The van der Waals surface area contributed by atoms with E-state index in [9.17, 15) is 4.79 Å². The Morgan fingerprint density at radius 1 is 0.923 bits per heavy atom. The highest BCUT2D eigenvalue weighted by atomic mass is 35.5. The van der Waals surface area contributed by atoms with Crippen molar-refractivity contribution in [3.63, 3.8) is 0 Å².